The van der Waals surface area contributed by atoms with Gasteiger partial charge < -0.3 is 28.4 Å². The summed E-state index contributed by atoms with van der Waals surface area (Å²) in [5.74, 6) is -1.57. The number of halogens is 1. The fourth-order valence-electron chi connectivity index (χ4n) is 4.44. The van der Waals surface area contributed by atoms with E-state index in [4.69, 9.17) is 40.0 Å². The van der Waals surface area contributed by atoms with Gasteiger partial charge in [-0.3, -0.25) is 4.57 Å². The Labute approximate surface area is 178 Å². The van der Waals surface area contributed by atoms with Gasteiger partial charge in [0.2, 0.25) is 0 Å². The van der Waals surface area contributed by atoms with Crippen molar-refractivity contribution < 1.29 is 28.4 Å². The van der Waals surface area contributed by atoms with E-state index in [-0.39, 0.29) is 5.15 Å². The lowest BCUT2D eigenvalue weighted by Gasteiger charge is -2.42. The Morgan fingerprint density at radius 2 is 1.77 bits per heavy atom. The van der Waals surface area contributed by atoms with Gasteiger partial charge in [0.1, 0.15) is 42.4 Å². The van der Waals surface area contributed by atoms with Crippen LogP contribution < -0.4 is 0 Å². The van der Waals surface area contributed by atoms with E-state index in [0.29, 0.717) is 17.8 Å². The number of fused-ring (bicyclic) bond motifs is 4. The number of hydrogen-bond acceptors (Lipinski definition) is 9. The maximum absolute atomic E-state index is 6.49. The zero-order valence-corrected chi connectivity index (χ0v) is 18.2. The molecule has 0 N–H and O–H groups in total. The summed E-state index contributed by atoms with van der Waals surface area (Å²) in [7, 11) is 1.62. The highest BCUT2D eigenvalue weighted by Crippen LogP contribution is 2.44. The molecule has 3 aliphatic rings. The highest BCUT2D eigenvalue weighted by atomic mass is 35.5. The van der Waals surface area contributed by atoms with E-state index in [0.717, 1.165) is 0 Å². The van der Waals surface area contributed by atoms with E-state index in [1.807, 2.05) is 27.7 Å². The van der Waals surface area contributed by atoms with E-state index >= 15 is 0 Å². The summed E-state index contributed by atoms with van der Waals surface area (Å²) < 4.78 is 38.8. The lowest BCUT2D eigenvalue weighted by molar-refractivity contribution is -0.332. The Kier molecular flexibility index (Phi) is 4.82. The number of aromatic nitrogens is 4. The van der Waals surface area contributed by atoms with Gasteiger partial charge in [-0.1, -0.05) is 11.6 Å². The number of hydrogen-bond donors (Lipinski definition) is 0. The first-order valence-electron chi connectivity index (χ1n) is 9.88. The Balaban J connectivity index is 1.61. The van der Waals surface area contributed by atoms with Crippen LogP contribution in [-0.4, -0.2) is 75.3 Å². The predicted molar refractivity (Wildman–Crippen MR) is 104 cm³/mol. The minimum Gasteiger partial charge on any atom is -0.374 e. The van der Waals surface area contributed by atoms with Crippen LogP contribution in [0.4, 0.5) is 0 Å². The van der Waals surface area contributed by atoms with Gasteiger partial charge in [-0.05, 0) is 27.7 Å². The Morgan fingerprint density at radius 1 is 1.03 bits per heavy atom. The minimum atomic E-state index is -0.799. The van der Waals surface area contributed by atoms with Crippen molar-refractivity contribution >= 4 is 22.8 Å². The normalized spacial score (nSPS) is 37.5. The quantitative estimate of drug-likeness (QED) is 0.649. The van der Waals surface area contributed by atoms with Crippen LogP contribution in [-0.2, 0) is 28.4 Å². The maximum Gasteiger partial charge on any atom is 0.167 e. The van der Waals surface area contributed by atoms with Gasteiger partial charge in [-0.25, -0.2) is 15.0 Å². The second-order valence-corrected chi connectivity index (χ2v) is 8.97. The molecule has 3 fully saturated rings. The maximum atomic E-state index is 6.49. The standard InChI is InChI=1S/C19H25ClN4O6/c1-18(2)26-6-9-11(28-18)12-13(30-19(3,4)29-12)14(25-5)17(27-9)24-8-23-10-15(20)21-7-22-16(10)24/h7-9,11-14,17H,6H2,1-5H3/t9?,11-,12?,13+,14?,17?/m1/s1. The van der Waals surface area contributed by atoms with Crippen molar-refractivity contribution in [2.24, 2.45) is 0 Å². The van der Waals surface area contributed by atoms with E-state index in [2.05, 4.69) is 15.0 Å². The van der Waals surface area contributed by atoms with Gasteiger partial charge in [0, 0.05) is 7.11 Å². The average molecular weight is 441 g/mol. The van der Waals surface area contributed by atoms with Crippen molar-refractivity contribution in [2.45, 2.75) is 76.0 Å². The van der Waals surface area contributed by atoms with E-state index in [1.54, 1.807) is 18.0 Å². The van der Waals surface area contributed by atoms with Crippen LogP contribution in [0.15, 0.2) is 12.7 Å². The second-order valence-electron chi connectivity index (χ2n) is 8.61. The van der Waals surface area contributed by atoms with Crippen LogP contribution >= 0.6 is 11.6 Å². The molecule has 0 aliphatic carbocycles. The largest absolute Gasteiger partial charge is 0.374 e. The summed E-state index contributed by atoms with van der Waals surface area (Å²) in [5, 5.41) is 0.268. The first-order chi connectivity index (χ1) is 14.2. The third kappa shape index (κ3) is 3.31. The molecule has 0 spiro atoms. The predicted octanol–water partition coefficient (Wildman–Crippen LogP) is 2.06. The summed E-state index contributed by atoms with van der Waals surface area (Å²) in [5.41, 5.74) is 1.02. The zero-order valence-electron chi connectivity index (χ0n) is 17.4. The van der Waals surface area contributed by atoms with Gasteiger partial charge in [0.15, 0.2) is 28.6 Å². The summed E-state index contributed by atoms with van der Waals surface area (Å²) in [4.78, 5) is 12.7. The molecule has 4 unspecified atom stereocenters. The van der Waals surface area contributed by atoms with Crippen molar-refractivity contribution in [3.8, 4) is 0 Å². The molecular weight excluding hydrogens is 416 g/mol. The number of nitrogens with zero attached hydrogens (tertiary/aromatic N) is 4. The molecule has 0 saturated carbocycles. The van der Waals surface area contributed by atoms with E-state index in [1.165, 1.54) is 6.33 Å². The third-order valence-corrected chi connectivity index (χ3v) is 5.93. The van der Waals surface area contributed by atoms with Crippen molar-refractivity contribution in [1.29, 1.82) is 0 Å². The highest BCUT2D eigenvalue weighted by Gasteiger charge is 2.59. The monoisotopic (exact) mass is 440 g/mol. The Bertz CT molecular complexity index is 952. The zero-order chi connectivity index (χ0) is 21.3. The molecule has 0 aromatic carbocycles. The van der Waals surface area contributed by atoms with Gasteiger partial charge in [0.05, 0.1) is 12.9 Å². The van der Waals surface area contributed by atoms with Crippen LogP contribution in [0.1, 0.15) is 33.9 Å². The Hall–Kier alpha value is -1.40. The van der Waals surface area contributed by atoms with Crippen molar-refractivity contribution in [3.63, 3.8) is 0 Å². The molecule has 3 aliphatic heterocycles. The summed E-state index contributed by atoms with van der Waals surface area (Å²) in [6.07, 6.45) is 0.177. The Morgan fingerprint density at radius 3 is 2.53 bits per heavy atom. The first-order valence-corrected chi connectivity index (χ1v) is 10.3. The lowest BCUT2D eigenvalue weighted by atomic mass is 9.99. The van der Waals surface area contributed by atoms with E-state index in [9.17, 15) is 0 Å². The van der Waals surface area contributed by atoms with E-state index < -0.39 is 48.3 Å². The van der Waals surface area contributed by atoms with Crippen LogP contribution in [0, 0.1) is 0 Å². The molecule has 2 aromatic heterocycles. The number of methoxy groups -OCH3 is 1. The molecule has 2 aromatic rings. The summed E-state index contributed by atoms with van der Waals surface area (Å²) in [6, 6.07) is 0. The van der Waals surface area contributed by atoms with Gasteiger partial charge in [-0.2, -0.15) is 0 Å². The fraction of sp³-hybridized carbons (Fsp3) is 0.737. The van der Waals surface area contributed by atoms with Crippen LogP contribution in [0.3, 0.4) is 0 Å². The van der Waals surface area contributed by atoms with Gasteiger partial charge in [-0.15, -0.1) is 0 Å². The first kappa shape index (κ1) is 20.5. The lowest BCUT2D eigenvalue weighted by Crippen LogP contribution is -2.55. The summed E-state index contributed by atoms with van der Waals surface area (Å²) in [6.45, 7) is 7.84. The molecule has 0 bridgehead atoms. The molecular formula is C19H25ClN4O6. The van der Waals surface area contributed by atoms with Crippen LogP contribution in [0.2, 0.25) is 5.15 Å². The molecule has 3 saturated heterocycles. The van der Waals surface area contributed by atoms with Gasteiger partial charge in [0.25, 0.3) is 0 Å². The fourth-order valence-corrected chi connectivity index (χ4v) is 4.62. The molecule has 0 amide bonds. The second kappa shape index (κ2) is 7.06. The molecule has 0 radical (unpaired) electrons. The highest BCUT2D eigenvalue weighted by molar-refractivity contribution is 6.33. The average Bonchev–Trinajstić information content (AvgIpc) is 3.21. The number of ether oxygens (including phenoxy) is 6. The topological polar surface area (TPSA) is 99.0 Å². The van der Waals surface area contributed by atoms with Crippen LogP contribution in [0.25, 0.3) is 11.2 Å². The third-order valence-electron chi connectivity index (χ3n) is 5.65. The summed E-state index contributed by atoms with van der Waals surface area (Å²) >= 11 is 6.20. The van der Waals surface area contributed by atoms with Gasteiger partial charge >= 0.3 is 0 Å². The SMILES string of the molecule is COC1C(n2cnc3c(Cl)ncnc32)OC2COC(C)(C)O[C@H]2C2OC(C)(C)O[C@H]12. The molecule has 10 nitrogen and oxygen atoms in total. The molecule has 11 heteroatoms. The van der Waals surface area contributed by atoms with Crippen molar-refractivity contribution in [3.05, 3.63) is 17.8 Å². The minimum absolute atomic E-state index is 0.268. The molecule has 30 heavy (non-hydrogen) atoms. The van der Waals surface area contributed by atoms with Crippen molar-refractivity contribution in [1.82, 2.24) is 19.5 Å². The smallest absolute Gasteiger partial charge is 0.167 e. The molecule has 5 heterocycles. The molecule has 6 atom stereocenters. The van der Waals surface area contributed by atoms with Crippen molar-refractivity contribution in [2.75, 3.05) is 13.7 Å². The molecule has 5 rings (SSSR count). The van der Waals surface area contributed by atoms with Crippen LogP contribution in [0.5, 0.6) is 0 Å². The number of imidazole rings is 1. The molecule has 164 valence electrons. The number of rotatable bonds is 2.